The Morgan fingerprint density at radius 2 is 2.17 bits per heavy atom. The van der Waals surface area contributed by atoms with E-state index >= 15 is 0 Å². The number of carboxylic acid groups (broad SMARTS) is 1. The maximum Gasteiger partial charge on any atom is 0.305 e. The molecule has 0 saturated carbocycles. The van der Waals surface area contributed by atoms with Gasteiger partial charge in [-0.1, -0.05) is 0 Å². The molecule has 0 aliphatic carbocycles. The molecule has 5 nitrogen and oxygen atoms in total. The minimum absolute atomic E-state index is 0.0922. The first-order valence-corrected chi connectivity index (χ1v) is 4.07. The lowest BCUT2D eigenvalue weighted by atomic mass is 10.3. The number of thiol groups is 1. The smallest absolute Gasteiger partial charge is 0.305 e. The molecule has 0 aliphatic rings. The highest BCUT2D eigenvalue weighted by molar-refractivity contribution is 7.80. The highest BCUT2D eigenvalue weighted by Gasteiger charge is 2.10. The molecular weight excluding hydrogens is 180 g/mol. The van der Waals surface area contributed by atoms with E-state index in [1.54, 1.807) is 0 Å². The van der Waals surface area contributed by atoms with Gasteiger partial charge in [0.05, 0.1) is 12.5 Å². The first-order chi connectivity index (χ1) is 5.57. The summed E-state index contributed by atoms with van der Waals surface area (Å²) in [6.45, 7) is 0.107. The quantitative estimate of drug-likeness (QED) is 0.413. The lowest BCUT2D eigenvalue weighted by molar-refractivity contribution is -0.136. The van der Waals surface area contributed by atoms with Gasteiger partial charge < -0.3 is 16.2 Å². The maximum atomic E-state index is 10.9. The summed E-state index contributed by atoms with van der Waals surface area (Å²) in [5.74, 6) is -1.07. The van der Waals surface area contributed by atoms with Crippen LogP contribution in [-0.2, 0) is 9.59 Å². The van der Waals surface area contributed by atoms with Crippen molar-refractivity contribution in [1.82, 2.24) is 5.32 Å². The summed E-state index contributed by atoms with van der Waals surface area (Å²) < 4.78 is 0. The van der Waals surface area contributed by atoms with Crippen LogP contribution in [0.25, 0.3) is 0 Å². The highest BCUT2D eigenvalue weighted by atomic mass is 32.1. The van der Waals surface area contributed by atoms with Crippen LogP contribution in [0.1, 0.15) is 6.42 Å². The van der Waals surface area contributed by atoms with E-state index in [0.717, 1.165) is 0 Å². The highest BCUT2D eigenvalue weighted by Crippen LogP contribution is 1.83. The van der Waals surface area contributed by atoms with E-state index in [2.05, 4.69) is 17.9 Å². The van der Waals surface area contributed by atoms with Crippen molar-refractivity contribution in [3.63, 3.8) is 0 Å². The van der Waals surface area contributed by atoms with E-state index in [1.807, 2.05) is 0 Å². The number of rotatable bonds is 5. The van der Waals surface area contributed by atoms with E-state index in [0.29, 0.717) is 0 Å². The Morgan fingerprint density at radius 1 is 1.58 bits per heavy atom. The number of hydrogen-bond acceptors (Lipinski definition) is 4. The van der Waals surface area contributed by atoms with Gasteiger partial charge in [-0.2, -0.15) is 12.6 Å². The Bertz CT molecular complexity index is 174. The summed E-state index contributed by atoms with van der Waals surface area (Å²) in [6.07, 6.45) is -0.0922. The van der Waals surface area contributed by atoms with Gasteiger partial charge in [0, 0.05) is 12.3 Å². The molecule has 1 amide bonds. The monoisotopic (exact) mass is 192 g/mol. The lowest BCUT2D eigenvalue weighted by Crippen LogP contribution is -2.42. The number of nitrogens with two attached hydrogens (primary N) is 1. The van der Waals surface area contributed by atoms with Crippen LogP contribution in [0.4, 0.5) is 0 Å². The van der Waals surface area contributed by atoms with Crippen LogP contribution < -0.4 is 11.1 Å². The molecule has 70 valence electrons. The summed E-state index contributed by atoms with van der Waals surface area (Å²) in [5, 5.41) is 10.6. The topological polar surface area (TPSA) is 92.4 Å². The van der Waals surface area contributed by atoms with Gasteiger partial charge in [-0.05, 0) is 0 Å². The minimum Gasteiger partial charge on any atom is -0.481 e. The number of carbonyl (C=O) groups is 2. The summed E-state index contributed by atoms with van der Waals surface area (Å²) in [5.41, 5.74) is 5.30. The molecule has 0 aromatic heterocycles. The normalized spacial score (nSPS) is 12.2. The molecule has 0 heterocycles. The van der Waals surface area contributed by atoms with Crippen molar-refractivity contribution in [3.05, 3.63) is 0 Å². The van der Waals surface area contributed by atoms with Crippen molar-refractivity contribution < 1.29 is 14.7 Å². The third-order valence-corrected chi connectivity index (χ3v) is 1.56. The summed E-state index contributed by atoms with van der Waals surface area (Å²) in [4.78, 5) is 20.9. The zero-order valence-corrected chi connectivity index (χ0v) is 7.38. The van der Waals surface area contributed by atoms with Crippen molar-refractivity contribution in [3.8, 4) is 0 Å². The summed E-state index contributed by atoms with van der Waals surface area (Å²) in [6, 6.07) is -0.665. The van der Waals surface area contributed by atoms with Crippen molar-refractivity contribution >= 4 is 24.5 Å². The Balaban J connectivity index is 3.50. The predicted octanol–water partition coefficient (Wildman–Crippen LogP) is -1.17. The van der Waals surface area contributed by atoms with Gasteiger partial charge in [0.25, 0.3) is 0 Å². The molecule has 0 rings (SSSR count). The molecule has 6 heteroatoms. The molecule has 0 bridgehead atoms. The molecule has 1 atom stereocenters. The Morgan fingerprint density at radius 3 is 2.58 bits per heavy atom. The van der Waals surface area contributed by atoms with Gasteiger partial charge in [-0.3, -0.25) is 9.59 Å². The van der Waals surface area contributed by atoms with Crippen molar-refractivity contribution in [1.29, 1.82) is 0 Å². The van der Waals surface area contributed by atoms with Gasteiger partial charge >= 0.3 is 5.97 Å². The van der Waals surface area contributed by atoms with Crippen LogP contribution in [0.5, 0.6) is 0 Å². The Hall–Kier alpha value is -0.750. The second kappa shape index (κ2) is 5.84. The molecule has 0 aromatic carbocycles. The number of hydrogen-bond donors (Lipinski definition) is 4. The maximum absolute atomic E-state index is 10.9. The van der Waals surface area contributed by atoms with Crippen LogP contribution in [0.2, 0.25) is 0 Å². The second-order valence-corrected chi connectivity index (χ2v) is 2.59. The summed E-state index contributed by atoms with van der Waals surface area (Å²) >= 11 is 3.82. The third-order valence-electron chi connectivity index (χ3n) is 1.17. The zero-order valence-electron chi connectivity index (χ0n) is 6.49. The number of aliphatic carboxylic acids is 1. The van der Waals surface area contributed by atoms with E-state index < -0.39 is 12.0 Å². The molecule has 4 N–H and O–H groups in total. The van der Waals surface area contributed by atoms with Crippen molar-refractivity contribution in [2.45, 2.75) is 12.5 Å². The standard InChI is InChI=1S/C6H12N2O3S/c7-4(3-12)6(11)8-2-1-5(9)10/h4,12H,1-3,7H2,(H,8,11)(H,9,10). The first kappa shape index (κ1) is 11.2. The number of carbonyl (C=O) groups excluding carboxylic acids is 1. The lowest BCUT2D eigenvalue weighted by Gasteiger charge is -2.07. The third kappa shape index (κ3) is 4.97. The summed E-state index contributed by atoms with van der Waals surface area (Å²) in [7, 11) is 0. The van der Waals surface area contributed by atoms with Gasteiger partial charge in [0.2, 0.25) is 5.91 Å². The Kier molecular flexibility index (Phi) is 5.48. The number of carboxylic acids is 1. The molecule has 1 unspecified atom stereocenters. The van der Waals surface area contributed by atoms with E-state index in [4.69, 9.17) is 10.8 Å². The average molecular weight is 192 g/mol. The van der Waals surface area contributed by atoms with Crippen molar-refractivity contribution in [2.24, 2.45) is 5.73 Å². The van der Waals surface area contributed by atoms with Crippen LogP contribution >= 0.6 is 12.6 Å². The Labute approximate surface area is 75.7 Å². The molecule has 0 spiro atoms. The van der Waals surface area contributed by atoms with E-state index in [9.17, 15) is 9.59 Å². The fraction of sp³-hybridized carbons (Fsp3) is 0.667. The molecule has 0 fully saturated rings. The largest absolute Gasteiger partial charge is 0.481 e. The van der Waals surface area contributed by atoms with Crippen molar-refractivity contribution in [2.75, 3.05) is 12.3 Å². The molecule has 0 aromatic rings. The van der Waals surface area contributed by atoms with Gasteiger partial charge in [0.1, 0.15) is 0 Å². The zero-order chi connectivity index (χ0) is 9.56. The van der Waals surface area contributed by atoms with E-state index in [1.165, 1.54) is 0 Å². The number of nitrogens with one attached hydrogen (secondary N) is 1. The number of amides is 1. The van der Waals surface area contributed by atoms with Crippen LogP contribution in [-0.4, -0.2) is 35.3 Å². The SMILES string of the molecule is NC(CS)C(=O)NCCC(=O)O. The molecule has 12 heavy (non-hydrogen) atoms. The van der Waals surface area contributed by atoms with Gasteiger partial charge in [-0.25, -0.2) is 0 Å². The van der Waals surface area contributed by atoms with Gasteiger partial charge in [-0.15, -0.1) is 0 Å². The second-order valence-electron chi connectivity index (χ2n) is 2.22. The fourth-order valence-corrected chi connectivity index (χ4v) is 0.672. The van der Waals surface area contributed by atoms with Crippen LogP contribution in [0.3, 0.4) is 0 Å². The predicted molar refractivity (Wildman–Crippen MR) is 47.1 cm³/mol. The molecule has 0 aliphatic heterocycles. The van der Waals surface area contributed by atoms with E-state index in [-0.39, 0.29) is 24.6 Å². The average Bonchev–Trinajstić information content (AvgIpc) is 2.02. The molecule has 0 saturated heterocycles. The molecular formula is C6H12N2O3S. The minimum atomic E-state index is -0.949. The van der Waals surface area contributed by atoms with Gasteiger partial charge in [0.15, 0.2) is 0 Å². The fourth-order valence-electron chi connectivity index (χ4n) is 0.507. The first-order valence-electron chi connectivity index (χ1n) is 3.44. The van der Waals surface area contributed by atoms with Crippen LogP contribution in [0, 0.1) is 0 Å². The van der Waals surface area contributed by atoms with Crippen LogP contribution in [0.15, 0.2) is 0 Å². The molecule has 0 radical (unpaired) electrons.